The quantitative estimate of drug-likeness (QED) is 0.346. The smallest absolute Gasteiger partial charge is 0.416 e. The molecule has 1 aliphatic heterocycles. The number of ketones is 1. The Kier molecular flexibility index (Phi) is 8.48. The first-order valence-electron chi connectivity index (χ1n) is 12.1. The zero-order valence-corrected chi connectivity index (χ0v) is 20.3. The lowest BCUT2D eigenvalue weighted by Crippen LogP contribution is -2.37. The van der Waals surface area contributed by atoms with Crippen LogP contribution in [0.1, 0.15) is 36.0 Å². The highest BCUT2D eigenvalue weighted by Crippen LogP contribution is 2.36. The van der Waals surface area contributed by atoms with E-state index in [9.17, 15) is 18.0 Å². The Hall–Kier alpha value is -3.10. The number of benzene rings is 2. The van der Waals surface area contributed by atoms with E-state index in [4.69, 9.17) is 14.2 Å². The molecule has 5 nitrogen and oxygen atoms in total. The molecule has 2 aromatic carbocycles. The van der Waals surface area contributed by atoms with Crippen molar-refractivity contribution in [3.05, 3.63) is 70.3 Å². The fourth-order valence-corrected chi connectivity index (χ4v) is 4.44. The molecule has 0 amide bonds. The number of rotatable bonds is 8. The summed E-state index contributed by atoms with van der Waals surface area (Å²) in [5, 5.41) is 0. The second-order valence-corrected chi connectivity index (χ2v) is 8.82. The van der Waals surface area contributed by atoms with Crippen LogP contribution in [0.4, 0.5) is 13.2 Å². The lowest BCUT2D eigenvalue weighted by atomic mass is 10.0. The number of Topliss-reactive ketones (excluding diaryl/α,β-unsaturated/α-hetero) is 1. The van der Waals surface area contributed by atoms with E-state index in [1.54, 1.807) is 19.3 Å². The zero-order valence-electron chi connectivity index (χ0n) is 20.3. The van der Waals surface area contributed by atoms with Crippen molar-refractivity contribution in [1.29, 1.82) is 0 Å². The molecular weight excluding hydrogens is 471 g/mol. The molecule has 4 rings (SSSR count). The molecule has 0 N–H and O–H groups in total. The normalized spacial score (nSPS) is 19.3. The van der Waals surface area contributed by atoms with Crippen molar-refractivity contribution in [3.63, 3.8) is 0 Å². The largest absolute Gasteiger partial charge is 0.493 e. The number of morpholine rings is 1. The first-order chi connectivity index (χ1) is 17.3. The van der Waals surface area contributed by atoms with Crippen molar-refractivity contribution in [2.75, 3.05) is 46.6 Å². The number of alkyl halides is 3. The van der Waals surface area contributed by atoms with Gasteiger partial charge in [-0.2, -0.15) is 13.2 Å². The van der Waals surface area contributed by atoms with Gasteiger partial charge in [0, 0.05) is 30.8 Å². The van der Waals surface area contributed by atoms with Crippen molar-refractivity contribution in [2.45, 2.75) is 25.4 Å². The summed E-state index contributed by atoms with van der Waals surface area (Å²) in [4.78, 5) is 15.3. The number of methoxy groups -OCH3 is 1. The number of halogens is 3. The highest BCUT2D eigenvalue weighted by atomic mass is 19.4. The van der Waals surface area contributed by atoms with E-state index < -0.39 is 11.7 Å². The number of ether oxygens (including phenoxy) is 3. The second kappa shape index (κ2) is 11.8. The molecule has 0 spiro atoms. The van der Waals surface area contributed by atoms with E-state index >= 15 is 0 Å². The Morgan fingerprint density at radius 3 is 2.44 bits per heavy atom. The molecule has 1 saturated carbocycles. The minimum absolute atomic E-state index is 0.00592. The molecule has 8 heteroatoms. The number of nitrogens with zero attached hydrogens (tertiary/aromatic N) is 1. The number of allylic oxidation sites excluding steroid dienone is 2. The standard InChI is InChI=1S/C28H30F3NO4/c1-34-26-18-20(7-10-25(26)36-14-4-11-32-12-15-35-16-13-32)17-22-8-9-23(27(22)33)19-21-5-2-3-6-24(21)28(29,30)31/h2-3,5-7,10,17-19H,4,8-9,11-16H2,1H3/b22-17+,23-19+. The summed E-state index contributed by atoms with van der Waals surface area (Å²) >= 11 is 0. The van der Waals surface area contributed by atoms with Crippen molar-refractivity contribution in [1.82, 2.24) is 4.90 Å². The monoisotopic (exact) mass is 501 g/mol. The van der Waals surface area contributed by atoms with Crippen LogP contribution in [0, 0.1) is 0 Å². The number of carbonyl (C=O) groups is 1. The van der Waals surface area contributed by atoms with Gasteiger partial charge < -0.3 is 14.2 Å². The molecule has 1 aliphatic carbocycles. The van der Waals surface area contributed by atoms with E-state index in [1.807, 2.05) is 12.1 Å². The molecule has 0 bridgehead atoms. The summed E-state index contributed by atoms with van der Waals surface area (Å²) in [6.07, 6.45) is 0.413. The Morgan fingerprint density at radius 1 is 1.00 bits per heavy atom. The van der Waals surface area contributed by atoms with Crippen LogP contribution in [0.2, 0.25) is 0 Å². The van der Waals surface area contributed by atoms with Gasteiger partial charge in [0.25, 0.3) is 0 Å². The first kappa shape index (κ1) is 26.0. The third kappa shape index (κ3) is 6.56. The molecule has 0 aromatic heterocycles. The van der Waals surface area contributed by atoms with Crippen LogP contribution >= 0.6 is 0 Å². The molecule has 2 aromatic rings. The minimum Gasteiger partial charge on any atom is -0.493 e. The van der Waals surface area contributed by atoms with Gasteiger partial charge in [-0.25, -0.2) is 0 Å². The Balaban J connectivity index is 1.41. The topological polar surface area (TPSA) is 48.0 Å². The van der Waals surface area contributed by atoms with Gasteiger partial charge in [0.2, 0.25) is 0 Å². The lowest BCUT2D eigenvalue weighted by Gasteiger charge is -2.26. The number of hydrogen-bond donors (Lipinski definition) is 0. The Labute approximate surface area is 209 Å². The molecule has 2 fully saturated rings. The maximum atomic E-state index is 13.3. The molecule has 0 radical (unpaired) electrons. The van der Waals surface area contributed by atoms with Crippen molar-refractivity contribution >= 4 is 17.9 Å². The summed E-state index contributed by atoms with van der Waals surface area (Å²) in [5.74, 6) is 0.967. The van der Waals surface area contributed by atoms with Crippen LogP contribution < -0.4 is 9.47 Å². The number of carbonyl (C=O) groups excluding carboxylic acids is 1. The summed E-state index contributed by atoms with van der Waals surface area (Å²) in [7, 11) is 1.56. The van der Waals surface area contributed by atoms with E-state index in [2.05, 4.69) is 4.90 Å². The highest BCUT2D eigenvalue weighted by molar-refractivity contribution is 6.15. The van der Waals surface area contributed by atoms with Gasteiger partial charge in [0.15, 0.2) is 17.3 Å². The molecular formula is C28H30F3NO4. The van der Waals surface area contributed by atoms with Gasteiger partial charge in [-0.3, -0.25) is 9.69 Å². The molecule has 1 heterocycles. The minimum atomic E-state index is -4.48. The fraction of sp³-hybridized carbons (Fsp3) is 0.393. The average molecular weight is 502 g/mol. The van der Waals surface area contributed by atoms with Crippen LogP contribution in [0.5, 0.6) is 11.5 Å². The van der Waals surface area contributed by atoms with Crippen LogP contribution in [-0.4, -0.2) is 57.2 Å². The van der Waals surface area contributed by atoms with Gasteiger partial charge in [-0.05, 0) is 60.7 Å². The maximum absolute atomic E-state index is 13.3. The maximum Gasteiger partial charge on any atom is 0.416 e. The van der Waals surface area contributed by atoms with Gasteiger partial charge in [0.1, 0.15) is 0 Å². The molecule has 0 atom stereocenters. The fourth-order valence-electron chi connectivity index (χ4n) is 4.44. The van der Waals surface area contributed by atoms with Crippen LogP contribution in [0.25, 0.3) is 12.2 Å². The number of hydrogen-bond acceptors (Lipinski definition) is 5. The van der Waals surface area contributed by atoms with Gasteiger partial charge in [0.05, 0.1) is 32.5 Å². The first-order valence-corrected chi connectivity index (χ1v) is 12.1. The van der Waals surface area contributed by atoms with E-state index in [0.29, 0.717) is 42.1 Å². The third-order valence-corrected chi connectivity index (χ3v) is 6.35. The average Bonchev–Trinajstić information content (AvgIpc) is 3.21. The highest BCUT2D eigenvalue weighted by Gasteiger charge is 2.33. The SMILES string of the molecule is COc1cc(/C=C2\CC/C(=C\c3ccccc3C(F)(F)F)C2=O)ccc1OCCCN1CCOCC1. The predicted octanol–water partition coefficient (Wildman–Crippen LogP) is 5.65. The molecule has 1 saturated heterocycles. The van der Waals surface area contributed by atoms with Crippen molar-refractivity contribution in [3.8, 4) is 11.5 Å². The van der Waals surface area contributed by atoms with Gasteiger partial charge in [-0.15, -0.1) is 0 Å². The molecule has 192 valence electrons. The summed E-state index contributed by atoms with van der Waals surface area (Å²) < 4.78 is 56.7. The van der Waals surface area contributed by atoms with Crippen molar-refractivity contribution < 1.29 is 32.2 Å². The Morgan fingerprint density at radius 2 is 1.72 bits per heavy atom. The third-order valence-electron chi connectivity index (χ3n) is 6.35. The van der Waals surface area contributed by atoms with Crippen LogP contribution in [0.15, 0.2) is 53.6 Å². The second-order valence-electron chi connectivity index (χ2n) is 8.82. The van der Waals surface area contributed by atoms with Crippen molar-refractivity contribution in [2.24, 2.45) is 0 Å². The van der Waals surface area contributed by atoms with Gasteiger partial charge >= 0.3 is 6.18 Å². The zero-order chi connectivity index (χ0) is 25.5. The van der Waals surface area contributed by atoms with E-state index in [-0.39, 0.29) is 11.3 Å². The summed E-state index contributed by atoms with van der Waals surface area (Å²) in [5.41, 5.74) is 0.976. The predicted molar refractivity (Wildman–Crippen MR) is 132 cm³/mol. The summed E-state index contributed by atoms with van der Waals surface area (Å²) in [6, 6.07) is 10.8. The molecule has 36 heavy (non-hydrogen) atoms. The lowest BCUT2D eigenvalue weighted by molar-refractivity contribution is -0.137. The van der Waals surface area contributed by atoms with E-state index in [0.717, 1.165) is 50.9 Å². The molecule has 0 unspecified atom stereocenters. The molecule has 2 aliphatic rings. The van der Waals surface area contributed by atoms with E-state index in [1.165, 1.54) is 24.3 Å². The van der Waals surface area contributed by atoms with Crippen LogP contribution in [0.3, 0.4) is 0 Å². The van der Waals surface area contributed by atoms with Crippen LogP contribution in [-0.2, 0) is 15.7 Å². The summed E-state index contributed by atoms with van der Waals surface area (Å²) in [6.45, 7) is 4.92. The Bertz CT molecular complexity index is 1130. The van der Waals surface area contributed by atoms with Gasteiger partial charge in [-0.1, -0.05) is 24.3 Å².